The summed E-state index contributed by atoms with van der Waals surface area (Å²) in [5.74, 6) is 0.715. The summed E-state index contributed by atoms with van der Waals surface area (Å²) in [6.45, 7) is 5.27. The second kappa shape index (κ2) is 8.68. The lowest BCUT2D eigenvalue weighted by Gasteiger charge is -2.49. The molecule has 138 valence electrons. The minimum absolute atomic E-state index is 0.0251. The molecule has 5 nitrogen and oxygen atoms in total. The van der Waals surface area contributed by atoms with Gasteiger partial charge in [-0.1, -0.05) is 37.5 Å². The van der Waals surface area contributed by atoms with E-state index in [0.29, 0.717) is 0 Å². The van der Waals surface area contributed by atoms with Crippen molar-refractivity contribution in [1.82, 2.24) is 15.1 Å². The van der Waals surface area contributed by atoms with Crippen LogP contribution in [0.25, 0.3) is 0 Å². The molecule has 0 spiro atoms. The molecule has 0 bridgehead atoms. The van der Waals surface area contributed by atoms with E-state index in [1.54, 1.807) is 0 Å². The largest absolute Gasteiger partial charge is 0.484 e. The lowest BCUT2D eigenvalue weighted by atomic mass is 9.79. The lowest BCUT2D eigenvalue weighted by molar-refractivity contribution is -0.124. The number of hydrogen-bond donors (Lipinski definition) is 1. The van der Waals surface area contributed by atoms with E-state index in [4.69, 9.17) is 4.74 Å². The average molecular weight is 345 g/mol. The van der Waals surface area contributed by atoms with Crippen LogP contribution in [-0.4, -0.2) is 67.6 Å². The van der Waals surface area contributed by atoms with Gasteiger partial charge in [-0.2, -0.15) is 0 Å². The molecular formula is C20H31N3O2. The predicted octanol–water partition coefficient (Wildman–Crippen LogP) is 2.13. The third-order valence-electron chi connectivity index (χ3n) is 5.69. The number of piperazine rings is 1. The van der Waals surface area contributed by atoms with E-state index in [0.717, 1.165) is 38.5 Å². The van der Waals surface area contributed by atoms with Crippen LogP contribution >= 0.6 is 0 Å². The number of rotatable bonds is 6. The van der Waals surface area contributed by atoms with Crippen LogP contribution in [0, 0.1) is 0 Å². The number of hydrogen-bond acceptors (Lipinski definition) is 4. The molecule has 1 aromatic rings. The van der Waals surface area contributed by atoms with Crippen LogP contribution in [0.3, 0.4) is 0 Å². The fraction of sp³-hybridized carbons (Fsp3) is 0.650. The van der Waals surface area contributed by atoms with E-state index in [1.165, 1.54) is 32.1 Å². The van der Waals surface area contributed by atoms with Crippen molar-refractivity contribution in [2.75, 3.05) is 46.4 Å². The monoisotopic (exact) mass is 345 g/mol. The summed E-state index contributed by atoms with van der Waals surface area (Å²) in [5, 5.41) is 3.15. The van der Waals surface area contributed by atoms with Crippen molar-refractivity contribution in [3.05, 3.63) is 30.3 Å². The number of para-hydroxylation sites is 1. The van der Waals surface area contributed by atoms with Gasteiger partial charge in [-0.05, 0) is 32.0 Å². The van der Waals surface area contributed by atoms with Crippen LogP contribution in [0.4, 0.5) is 0 Å². The Morgan fingerprint density at radius 2 is 1.76 bits per heavy atom. The first kappa shape index (κ1) is 18.2. The molecule has 3 rings (SSSR count). The van der Waals surface area contributed by atoms with Gasteiger partial charge in [-0.25, -0.2) is 0 Å². The number of carbonyl (C=O) groups excluding carboxylic acids is 1. The second-order valence-corrected chi connectivity index (χ2v) is 7.45. The van der Waals surface area contributed by atoms with Gasteiger partial charge in [-0.3, -0.25) is 9.69 Å². The minimum Gasteiger partial charge on any atom is -0.484 e. The number of nitrogens with one attached hydrogen (secondary N) is 1. The van der Waals surface area contributed by atoms with Crippen LogP contribution in [0.5, 0.6) is 5.75 Å². The zero-order valence-electron chi connectivity index (χ0n) is 15.4. The van der Waals surface area contributed by atoms with Crippen LogP contribution in [0.1, 0.15) is 32.1 Å². The summed E-state index contributed by atoms with van der Waals surface area (Å²) in [6, 6.07) is 9.52. The van der Waals surface area contributed by atoms with Crippen molar-refractivity contribution < 1.29 is 9.53 Å². The quantitative estimate of drug-likeness (QED) is 0.858. The topological polar surface area (TPSA) is 44.8 Å². The zero-order chi connectivity index (χ0) is 17.5. The molecule has 1 saturated heterocycles. The highest BCUT2D eigenvalue weighted by Crippen LogP contribution is 2.34. The molecule has 1 aliphatic heterocycles. The maximum atomic E-state index is 12.3. The van der Waals surface area contributed by atoms with E-state index < -0.39 is 0 Å². The van der Waals surface area contributed by atoms with Crippen LogP contribution in [0.15, 0.2) is 30.3 Å². The van der Waals surface area contributed by atoms with Gasteiger partial charge < -0.3 is 15.0 Å². The number of amides is 1. The molecule has 0 unspecified atom stereocenters. The first-order valence-electron chi connectivity index (χ1n) is 9.56. The van der Waals surface area contributed by atoms with Crippen molar-refractivity contribution in [2.45, 2.75) is 37.6 Å². The van der Waals surface area contributed by atoms with E-state index in [1.807, 2.05) is 30.3 Å². The predicted molar refractivity (Wildman–Crippen MR) is 99.8 cm³/mol. The number of ether oxygens (including phenoxy) is 1. The summed E-state index contributed by atoms with van der Waals surface area (Å²) >= 11 is 0. The molecule has 1 N–H and O–H groups in total. The van der Waals surface area contributed by atoms with Crippen LogP contribution in [-0.2, 0) is 4.79 Å². The van der Waals surface area contributed by atoms with Crippen molar-refractivity contribution >= 4 is 5.91 Å². The molecule has 1 aliphatic carbocycles. The molecule has 1 saturated carbocycles. The van der Waals surface area contributed by atoms with Crippen molar-refractivity contribution in [3.63, 3.8) is 0 Å². The summed E-state index contributed by atoms with van der Waals surface area (Å²) < 4.78 is 5.57. The Hall–Kier alpha value is -1.59. The van der Waals surface area contributed by atoms with Gasteiger partial charge in [-0.15, -0.1) is 0 Å². The number of benzene rings is 1. The molecular weight excluding hydrogens is 314 g/mol. The van der Waals surface area contributed by atoms with E-state index in [-0.39, 0.29) is 18.1 Å². The Balaban J connectivity index is 1.52. The molecule has 1 aromatic carbocycles. The molecule has 1 heterocycles. The molecule has 5 heteroatoms. The van der Waals surface area contributed by atoms with Crippen molar-refractivity contribution in [2.24, 2.45) is 0 Å². The van der Waals surface area contributed by atoms with Gasteiger partial charge in [0.05, 0.1) is 0 Å². The fourth-order valence-corrected chi connectivity index (χ4v) is 4.08. The Kier molecular flexibility index (Phi) is 6.32. The Morgan fingerprint density at radius 1 is 1.08 bits per heavy atom. The first-order chi connectivity index (χ1) is 12.2. The molecule has 0 radical (unpaired) electrons. The Labute approximate surface area is 151 Å². The fourth-order valence-electron chi connectivity index (χ4n) is 4.08. The van der Waals surface area contributed by atoms with Gasteiger partial charge >= 0.3 is 0 Å². The second-order valence-electron chi connectivity index (χ2n) is 7.45. The number of likely N-dealkylation sites (N-methyl/N-ethyl adjacent to an activating group) is 1. The van der Waals surface area contributed by atoms with E-state index >= 15 is 0 Å². The summed E-state index contributed by atoms with van der Waals surface area (Å²) in [7, 11) is 2.19. The number of nitrogens with zero attached hydrogens (tertiary/aromatic N) is 2. The van der Waals surface area contributed by atoms with Gasteiger partial charge in [0.2, 0.25) is 0 Å². The maximum Gasteiger partial charge on any atom is 0.258 e. The van der Waals surface area contributed by atoms with Crippen LogP contribution < -0.4 is 10.1 Å². The zero-order valence-corrected chi connectivity index (χ0v) is 15.4. The third kappa shape index (κ3) is 4.95. The van der Waals surface area contributed by atoms with Gasteiger partial charge in [0, 0.05) is 38.3 Å². The minimum atomic E-state index is -0.0251. The lowest BCUT2D eigenvalue weighted by Crippen LogP contribution is -2.61. The van der Waals surface area contributed by atoms with Gasteiger partial charge in [0.1, 0.15) is 5.75 Å². The molecule has 25 heavy (non-hydrogen) atoms. The average Bonchev–Trinajstić information content (AvgIpc) is 2.67. The van der Waals surface area contributed by atoms with E-state index in [2.05, 4.69) is 22.2 Å². The van der Waals surface area contributed by atoms with Gasteiger partial charge in [0.15, 0.2) is 6.61 Å². The first-order valence-corrected chi connectivity index (χ1v) is 9.56. The smallest absolute Gasteiger partial charge is 0.258 e. The standard InChI is InChI=1S/C20H31N3O2/c1-22-12-14-23(15-13-22)20(10-6-3-7-11-20)17-21-19(24)16-25-18-8-4-2-5-9-18/h2,4-5,8-9H,3,6-7,10-17H2,1H3,(H,21,24). The van der Waals surface area contributed by atoms with Gasteiger partial charge in [0.25, 0.3) is 5.91 Å². The highest BCUT2D eigenvalue weighted by atomic mass is 16.5. The normalized spacial score (nSPS) is 21.6. The summed E-state index contributed by atoms with van der Waals surface area (Å²) in [4.78, 5) is 17.3. The highest BCUT2D eigenvalue weighted by molar-refractivity contribution is 5.77. The number of carbonyl (C=O) groups is 1. The van der Waals surface area contributed by atoms with Crippen LogP contribution in [0.2, 0.25) is 0 Å². The Morgan fingerprint density at radius 3 is 2.44 bits per heavy atom. The van der Waals surface area contributed by atoms with Crippen molar-refractivity contribution in [1.29, 1.82) is 0 Å². The van der Waals surface area contributed by atoms with E-state index in [9.17, 15) is 4.79 Å². The maximum absolute atomic E-state index is 12.3. The summed E-state index contributed by atoms with van der Waals surface area (Å²) in [6.07, 6.45) is 6.24. The highest BCUT2D eigenvalue weighted by Gasteiger charge is 2.39. The molecule has 0 aromatic heterocycles. The van der Waals surface area contributed by atoms with Crippen molar-refractivity contribution in [3.8, 4) is 5.75 Å². The SMILES string of the molecule is CN1CCN(C2(CNC(=O)COc3ccccc3)CCCCC2)CC1. The summed E-state index contributed by atoms with van der Waals surface area (Å²) in [5.41, 5.74) is 0.141. The molecule has 1 amide bonds. The molecule has 0 atom stereocenters. The molecule has 2 fully saturated rings. The third-order valence-corrected chi connectivity index (χ3v) is 5.69. The Bertz CT molecular complexity index is 535. The molecule has 2 aliphatic rings.